The van der Waals surface area contributed by atoms with Gasteiger partial charge in [0.1, 0.15) is 10.7 Å². The van der Waals surface area contributed by atoms with Crippen molar-refractivity contribution in [2.45, 2.75) is 17.7 Å². The van der Waals surface area contributed by atoms with E-state index in [4.69, 9.17) is 17.4 Å². The van der Waals surface area contributed by atoms with E-state index in [2.05, 4.69) is 4.40 Å². The Kier molecular flexibility index (Phi) is 3.68. The first kappa shape index (κ1) is 15.0. The van der Waals surface area contributed by atoms with E-state index >= 15 is 0 Å². The molecule has 0 aliphatic carbocycles. The molecule has 0 spiro atoms. The molecule has 7 heteroatoms. The molecule has 5 nitrogen and oxygen atoms in total. The van der Waals surface area contributed by atoms with Crippen molar-refractivity contribution < 1.29 is 8.42 Å². The summed E-state index contributed by atoms with van der Waals surface area (Å²) in [5, 5.41) is 1.63. The standard InChI is InChI=1S/C15H14ClN3O2S/c1-10(11-5-3-2-4-6-11)15-18-22(20,21)14-9-12(16)7-8-13(14)19(15)17/h2-10H,17H2,1H3/t10-/m0/s1. The van der Waals surface area contributed by atoms with Gasteiger partial charge in [0.2, 0.25) is 0 Å². The average Bonchev–Trinajstić information content (AvgIpc) is 2.51. The fourth-order valence-corrected chi connectivity index (χ4v) is 3.95. The summed E-state index contributed by atoms with van der Waals surface area (Å²) in [5.41, 5.74) is 1.31. The third-order valence-electron chi connectivity index (χ3n) is 3.61. The molecule has 0 saturated heterocycles. The van der Waals surface area contributed by atoms with Crippen LogP contribution in [0.15, 0.2) is 57.8 Å². The molecule has 22 heavy (non-hydrogen) atoms. The van der Waals surface area contributed by atoms with Crippen LogP contribution in [0.2, 0.25) is 5.02 Å². The van der Waals surface area contributed by atoms with Crippen LogP contribution >= 0.6 is 11.6 Å². The van der Waals surface area contributed by atoms with Gasteiger partial charge in [-0.1, -0.05) is 48.9 Å². The lowest BCUT2D eigenvalue weighted by atomic mass is 9.99. The molecule has 2 N–H and O–H groups in total. The van der Waals surface area contributed by atoms with E-state index in [0.29, 0.717) is 10.7 Å². The first-order chi connectivity index (χ1) is 10.4. The number of nitrogens with zero attached hydrogens (tertiary/aromatic N) is 2. The molecule has 0 radical (unpaired) electrons. The van der Waals surface area contributed by atoms with Gasteiger partial charge >= 0.3 is 0 Å². The van der Waals surface area contributed by atoms with Gasteiger partial charge in [0.15, 0.2) is 0 Å². The predicted molar refractivity (Wildman–Crippen MR) is 87.6 cm³/mol. The number of halogens is 1. The molecule has 0 fully saturated rings. The quantitative estimate of drug-likeness (QED) is 0.856. The minimum absolute atomic E-state index is 0.0199. The molecule has 1 aliphatic rings. The SMILES string of the molecule is C[C@H](C1=NS(=O)(=O)c2cc(Cl)ccc2N1N)c1ccccc1. The van der Waals surface area contributed by atoms with Crippen molar-refractivity contribution in [3.8, 4) is 0 Å². The van der Waals surface area contributed by atoms with Crippen molar-refractivity contribution in [1.29, 1.82) is 0 Å². The molecule has 0 amide bonds. The van der Waals surface area contributed by atoms with Crippen LogP contribution < -0.4 is 10.9 Å². The number of hydrogen-bond donors (Lipinski definition) is 1. The van der Waals surface area contributed by atoms with Crippen LogP contribution in [-0.4, -0.2) is 14.3 Å². The Bertz CT molecular complexity index is 850. The molecular weight excluding hydrogens is 322 g/mol. The van der Waals surface area contributed by atoms with Crippen LogP contribution in [0.25, 0.3) is 0 Å². The second-order valence-corrected chi connectivity index (χ2v) is 7.05. The normalized spacial score (nSPS) is 17.6. The summed E-state index contributed by atoms with van der Waals surface area (Å²) in [6, 6.07) is 14.0. The molecule has 1 aliphatic heterocycles. The second-order valence-electron chi connectivity index (χ2n) is 5.04. The molecule has 0 unspecified atom stereocenters. The Hall–Kier alpha value is -1.89. The Labute approximate surface area is 134 Å². The monoisotopic (exact) mass is 335 g/mol. The van der Waals surface area contributed by atoms with Crippen molar-refractivity contribution in [3.05, 3.63) is 59.1 Å². The third-order valence-corrected chi connectivity index (χ3v) is 5.15. The van der Waals surface area contributed by atoms with Crippen molar-refractivity contribution >= 4 is 33.1 Å². The van der Waals surface area contributed by atoms with Crippen LogP contribution in [0.3, 0.4) is 0 Å². The van der Waals surface area contributed by atoms with Gasteiger partial charge in [-0.2, -0.15) is 8.42 Å². The number of fused-ring (bicyclic) bond motifs is 1. The largest absolute Gasteiger partial charge is 0.286 e. The third kappa shape index (κ3) is 2.49. The van der Waals surface area contributed by atoms with Crippen molar-refractivity contribution in [2.24, 2.45) is 10.2 Å². The second kappa shape index (κ2) is 5.39. The van der Waals surface area contributed by atoms with Gasteiger partial charge in [-0.05, 0) is 23.8 Å². The van der Waals surface area contributed by atoms with Crippen LogP contribution in [0, 0.1) is 0 Å². The Morgan fingerprint density at radius 2 is 1.86 bits per heavy atom. The average molecular weight is 336 g/mol. The maximum atomic E-state index is 12.4. The maximum absolute atomic E-state index is 12.4. The minimum atomic E-state index is -3.82. The topological polar surface area (TPSA) is 75.8 Å². The van der Waals surface area contributed by atoms with Crippen LogP contribution in [0.4, 0.5) is 5.69 Å². The van der Waals surface area contributed by atoms with Gasteiger partial charge < -0.3 is 0 Å². The lowest BCUT2D eigenvalue weighted by Gasteiger charge is -2.29. The van der Waals surface area contributed by atoms with E-state index in [9.17, 15) is 8.42 Å². The summed E-state index contributed by atoms with van der Waals surface area (Å²) in [7, 11) is -3.82. The van der Waals surface area contributed by atoms with Gasteiger partial charge in [0.05, 0.1) is 5.69 Å². The highest BCUT2D eigenvalue weighted by atomic mass is 35.5. The van der Waals surface area contributed by atoms with Crippen LogP contribution in [-0.2, 0) is 10.0 Å². The molecule has 0 aromatic heterocycles. The fourth-order valence-electron chi connectivity index (χ4n) is 2.41. The maximum Gasteiger partial charge on any atom is 0.286 e. The van der Waals surface area contributed by atoms with E-state index in [0.717, 1.165) is 5.56 Å². The van der Waals surface area contributed by atoms with Crippen LogP contribution in [0.5, 0.6) is 0 Å². The number of anilines is 1. The number of sulfonamides is 1. The van der Waals surface area contributed by atoms with E-state index in [1.54, 1.807) is 12.1 Å². The van der Waals surface area contributed by atoms with Gasteiger partial charge in [-0.3, -0.25) is 5.01 Å². The summed E-state index contributed by atoms with van der Waals surface area (Å²) in [4.78, 5) is 0.0199. The van der Waals surface area contributed by atoms with Crippen molar-refractivity contribution in [2.75, 3.05) is 5.01 Å². The summed E-state index contributed by atoms with van der Waals surface area (Å²) in [6.45, 7) is 1.87. The van der Waals surface area contributed by atoms with Gasteiger partial charge in [-0.15, -0.1) is 4.40 Å². The number of hydrazine groups is 1. The highest BCUT2D eigenvalue weighted by Crippen LogP contribution is 2.35. The van der Waals surface area contributed by atoms with E-state index in [1.165, 1.54) is 11.1 Å². The lowest BCUT2D eigenvalue weighted by Crippen LogP contribution is -2.43. The number of benzene rings is 2. The number of nitrogens with two attached hydrogens (primary N) is 1. The highest BCUT2D eigenvalue weighted by Gasteiger charge is 2.32. The minimum Gasteiger partial charge on any atom is -0.263 e. The van der Waals surface area contributed by atoms with Gasteiger partial charge in [0.25, 0.3) is 10.0 Å². The highest BCUT2D eigenvalue weighted by molar-refractivity contribution is 7.90. The summed E-state index contributed by atoms with van der Waals surface area (Å²) >= 11 is 5.87. The summed E-state index contributed by atoms with van der Waals surface area (Å²) in [6.07, 6.45) is 0. The van der Waals surface area contributed by atoms with Crippen molar-refractivity contribution in [1.82, 2.24) is 0 Å². The molecule has 1 atom stereocenters. The van der Waals surface area contributed by atoms with Crippen LogP contribution in [0.1, 0.15) is 18.4 Å². The lowest BCUT2D eigenvalue weighted by molar-refractivity contribution is 0.596. The molecule has 0 bridgehead atoms. The van der Waals surface area contributed by atoms with Crippen molar-refractivity contribution in [3.63, 3.8) is 0 Å². The summed E-state index contributed by atoms with van der Waals surface area (Å²) < 4.78 is 28.7. The fraction of sp³-hybridized carbons (Fsp3) is 0.133. The zero-order valence-electron chi connectivity index (χ0n) is 11.8. The Balaban J connectivity index is 2.12. The summed E-state index contributed by atoms with van der Waals surface area (Å²) in [5.74, 6) is 6.11. The van der Waals surface area contributed by atoms with E-state index < -0.39 is 10.0 Å². The molecule has 3 rings (SSSR count). The van der Waals surface area contributed by atoms with E-state index in [1.807, 2.05) is 37.3 Å². The zero-order chi connectivity index (χ0) is 15.9. The molecule has 114 valence electrons. The smallest absolute Gasteiger partial charge is 0.263 e. The zero-order valence-corrected chi connectivity index (χ0v) is 13.3. The molecule has 1 heterocycles. The molecular formula is C15H14ClN3O2S. The molecule has 0 saturated carbocycles. The predicted octanol–water partition coefficient (Wildman–Crippen LogP) is 2.92. The Morgan fingerprint density at radius 3 is 2.55 bits per heavy atom. The van der Waals surface area contributed by atoms with Gasteiger partial charge in [0, 0.05) is 10.9 Å². The first-order valence-corrected chi connectivity index (χ1v) is 8.46. The molecule has 2 aromatic rings. The molecule has 2 aromatic carbocycles. The Morgan fingerprint density at radius 1 is 1.18 bits per heavy atom. The number of rotatable bonds is 2. The number of amidine groups is 1. The first-order valence-electron chi connectivity index (χ1n) is 6.64. The number of hydrogen-bond acceptors (Lipinski definition) is 4. The van der Waals surface area contributed by atoms with E-state index in [-0.39, 0.29) is 16.6 Å². The van der Waals surface area contributed by atoms with Gasteiger partial charge in [-0.25, -0.2) is 5.84 Å².